The van der Waals surface area contributed by atoms with Crippen LogP contribution in [-0.4, -0.2) is 16.1 Å². The van der Waals surface area contributed by atoms with E-state index in [2.05, 4.69) is 57.3 Å². The highest BCUT2D eigenvalue weighted by molar-refractivity contribution is 5.85. The maximum atomic E-state index is 4.02. The van der Waals surface area contributed by atoms with Crippen LogP contribution >= 0.6 is 0 Å². The molecule has 0 amide bonds. The molecular formula is C15H15N3. The predicted molar refractivity (Wildman–Crippen MR) is 74.7 cm³/mol. The minimum Gasteiger partial charge on any atom is -0.383 e. The molecule has 18 heavy (non-hydrogen) atoms. The standard InChI is InChI=1S/C15H15N3/c1-2-4-14-11-15(6-5-13(14)3-1)17-8-10-18-9-7-16-12-18/h1-7,9,11-12,17H,8,10H2. The van der Waals surface area contributed by atoms with Gasteiger partial charge in [-0.3, -0.25) is 0 Å². The molecule has 0 fully saturated rings. The lowest BCUT2D eigenvalue weighted by atomic mass is 10.1. The summed E-state index contributed by atoms with van der Waals surface area (Å²) in [7, 11) is 0. The zero-order valence-corrected chi connectivity index (χ0v) is 10.1. The summed E-state index contributed by atoms with van der Waals surface area (Å²) in [4.78, 5) is 4.02. The first-order chi connectivity index (χ1) is 8.92. The van der Waals surface area contributed by atoms with E-state index in [4.69, 9.17) is 0 Å². The molecule has 0 unspecified atom stereocenters. The Labute approximate surface area is 106 Å². The van der Waals surface area contributed by atoms with E-state index in [-0.39, 0.29) is 0 Å². The molecule has 1 heterocycles. The summed E-state index contributed by atoms with van der Waals surface area (Å²) in [5.74, 6) is 0. The highest BCUT2D eigenvalue weighted by Gasteiger charge is 1.95. The minimum atomic E-state index is 0.898. The second-order valence-corrected chi connectivity index (χ2v) is 4.29. The lowest BCUT2D eigenvalue weighted by molar-refractivity contribution is 0.727. The van der Waals surface area contributed by atoms with Crippen LogP contribution in [0.5, 0.6) is 0 Å². The number of aromatic nitrogens is 2. The number of hydrogen-bond donors (Lipinski definition) is 1. The van der Waals surface area contributed by atoms with E-state index < -0.39 is 0 Å². The molecule has 3 nitrogen and oxygen atoms in total. The van der Waals surface area contributed by atoms with Gasteiger partial charge in [-0.15, -0.1) is 0 Å². The van der Waals surface area contributed by atoms with Crippen molar-refractivity contribution in [3.05, 3.63) is 61.2 Å². The summed E-state index contributed by atoms with van der Waals surface area (Å²) in [6, 6.07) is 14.8. The highest BCUT2D eigenvalue weighted by atomic mass is 15.0. The van der Waals surface area contributed by atoms with Crippen molar-refractivity contribution in [2.75, 3.05) is 11.9 Å². The molecule has 0 spiro atoms. The zero-order chi connectivity index (χ0) is 12.2. The summed E-state index contributed by atoms with van der Waals surface area (Å²) >= 11 is 0. The SMILES string of the molecule is c1ccc2cc(NCCn3ccnc3)ccc2c1. The molecule has 0 saturated heterocycles. The number of nitrogens with zero attached hydrogens (tertiary/aromatic N) is 2. The molecule has 0 saturated carbocycles. The number of imidazole rings is 1. The molecular weight excluding hydrogens is 222 g/mol. The summed E-state index contributed by atoms with van der Waals surface area (Å²) in [5.41, 5.74) is 1.16. The van der Waals surface area contributed by atoms with Crippen LogP contribution in [0.3, 0.4) is 0 Å². The van der Waals surface area contributed by atoms with Crippen LogP contribution in [0.4, 0.5) is 5.69 Å². The smallest absolute Gasteiger partial charge is 0.0946 e. The predicted octanol–water partition coefficient (Wildman–Crippen LogP) is 3.15. The lowest BCUT2D eigenvalue weighted by Crippen LogP contribution is -2.08. The molecule has 2 aromatic carbocycles. The Hall–Kier alpha value is -2.29. The van der Waals surface area contributed by atoms with Gasteiger partial charge in [-0.2, -0.15) is 0 Å². The third-order valence-electron chi connectivity index (χ3n) is 3.01. The first-order valence-corrected chi connectivity index (χ1v) is 6.10. The van der Waals surface area contributed by atoms with Gasteiger partial charge in [-0.05, 0) is 22.9 Å². The number of rotatable bonds is 4. The van der Waals surface area contributed by atoms with E-state index in [0.717, 1.165) is 18.8 Å². The average Bonchev–Trinajstić information content (AvgIpc) is 2.92. The molecule has 0 atom stereocenters. The number of hydrogen-bond acceptors (Lipinski definition) is 2. The molecule has 3 aromatic rings. The van der Waals surface area contributed by atoms with Crippen LogP contribution in [0.1, 0.15) is 0 Å². The van der Waals surface area contributed by atoms with Crippen LogP contribution in [0.2, 0.25) is 0 Å². The second-order valence-electron chi connectivity index (χ2n) is 4.29. The second kappa shape index (κ2) is 4.92. The fourth-order valence-electron chi connectivity index (χ4n) is 2.05. The van der Waals surface area contributed by atoms with Gasteiger partial charge in [-0.25, -0.2) is 4.98 Å². The molecule has 0 aliphatic rings. The van der Waals surface area contributed by atoms with Crippen LogP contribution < -0.4 is 5.32 Å². The van der Waals surface area contributed by atoms with Crippen molar-refractivity contribution < 1.29 is 0 Å². The van der Waals surface area contributed by atoms with Crippen LogP contribution in [0, 0.1) is 0 Å². The molecule has 90 valence electrons. The van der Waals surface area contributed by atoms with Gasteiger partial charge in [0.05, 0.1) is 6.33 Å². The van der Waals surface area contributed by atoms with Crippen molar-refractivity contribution in [1.29, 1.82) is 0 Å². The number of benzene rings is 2. The quantitative estimate of drug-likeness (QED) is 0.755. The fraction of sp³-hybridized carbons (Fsp3) is 0.133. The Morgan fingerprint density at radius 1 is 1.06 bits per heavy atom. The first kappa shape index (κ1) is 10.8. The third kappa shape index (κ3) is 2.35. The molecule has 3 rings (SSSR count). The maximum Gasteiger partial charge on any atom is 0.0946 e. The summed E-state index contributed by atoms with van der Waals surface area (Å²) < 4.78 is 2.06. The van der Waals surface area contributed by atoms with E-state index in [1.807, 2.05) is 12.5 Å². The Morgan fingerprint density at radius 3 is 2.78 bits per heavy atom. The van der Waals surface area contributed by atoms with Gasteiger partial charge in [0.2, 0.25) is 0 Å². The van der Waals surface area contributed by atoms with Crippen molar-refractivity contribution >= 4 is 16.5 Å². The van der Waals surface area contributed by atoms with Gasteiger partial charge in [0.1, 0.15) is 0 Å². The Balaban J connectivity index is 1.67. The molecule has 3 heteroatoms. The number of anilines is 1. The van der Waals surface area contributed by atoms with Gasteiger partial charge in [0.15, 0.2) is 0 Å². The molecule has 1 N–H and O–H groups in total. The molecule has 0 radical (unpaired) electrons. The summed E-state index contributed by atoms with van der Waals surface area (Å²) in [6.45, 7) is 1.82. The van der Waals surface area contributed by atoms with Gasteiger partial charge in [-0.1, -0.05) is 30.3 Å². The summed E-state index contributed by atoms with van der Waals surface area (Å²) in [5, 5.41) is 5.97. The normalized spacial score (nSPS) is 10.7. The van der Waals surface area contributed by atoms with E-state index in [1.165, 1.54) is 10.8 Å². The molecule has 0 aliphatic heterocycles. The van der Waals surface area contributed by atoms with Crippen LogP contribution in [0.25, 0.3) is 10.8 Å². The Kier molecular flexibility index (Phi) is 2.96. The lowest BCUT2D eigenvalue weighted by Gasteiger charge is -2.08. The third-order valence-corrected chi connectivity index (χ3v) is 3.01. The topological polar surface area (TPSA) is 29.9 Å². The number of fused-ring (bicyclic) bond motifs is 1. The minimum absolute atomic E-state index is 0.898. The van der Waals surface area contributed by atoms with Gasteiger partial charge in [0.25, 0.3) is 0 Å². The van der Waals surface area contributed by atoms with Crippen molar-refractivity contribution in [3.63, 3.8) is 0 Å². The van der Waals surface area contributed by atoms with Crippen molar-refractivity contribution in [2.45, 2.75) is 6.54 Å². The van der Waals surface area contributed by atoms with Gasteiger partial charge < -0.3 is 9.88 Å². The maximum absolute atomic E-state index is 4.02. The number of nitrogens with one attached hydrogen (secondary N) is 1. The van der Waals surface area contributed by atoms with Crippen LogP contribution in [-0.2, 0) is 6.54 Å². The van der Waals surface area contributed by atoms with E-state index >= 15 is 0 Å². The molecule has 0 aliphatic carbocycles. The Bertz CT molecular complexity index is 629. The largest absolute Gasteiger partial charge is 0.383 e. The zero-order valence-electron chi connectivity index (χ0n) is 10.1. The highest BCUT2D eigenvalue weighted by Crippen LogP contribution is 2.18. The molecule has 0 bridgehead atoms. The van der Waals surface area contributed by atoms with E-state index in [9.17, 15) is 0 Å². The van der Waals surface area contributed by atoms with Crippen molar-refractivity contribution in [1.82, 2.24) is 9.55 Å². The van der Waals surface area contributed by atoms with E-state index in [1.54, 1.807) is 6.20 Å². The van der Waals surface area contributed by atoms with Gasteiger partial charge in [0, 0.05) is 31.2 Å². The Morgan fingerprint density at radius 2 is 1.94 bits per heavy atom. The average molecular weight is 237 g/mol. The van der Waals surface area contributed by atoms with Crippen molar-refractivity contribution in [3.8, 4) is 0 Å². The van der Waals surface area contributed by atoms with Gasteiger partial charge >= 0.3 is 0 Å². The molecule has 1 aromatic heterocycles. The van der Waals surface area contributed by atoms with Crippen LogP contribution in [0.15, 0.2) is 61.2 Å². The monoisotopic (exact) mass is 237 g/mol. The first-order valence-electron chi connectivity index (χ1n) is 6.10. The van der Waals surface area contributed by atoms with E-state index in [0.29, 0.717) is 0 Å². The summed E-state index contributed by atoms with van der Waals surface area (Å²) in [6.07, 6.45) is 5.61. The fourth-order valence-corrected chi connectivity index (χ4v) is 2.05. The van der Waals surface area contributed by atoms with Crippen molar-refractivity contribution in [2.24, 2.45) is 0 Å².